The first-order valence-corrected chi connectivity index (χ1v) is 11.6. The Hall–Kier alpha value is -2.98. The van der Waals surface area contributed by atoms with Gasteiger partial charge in [0.1, 0.15) is 6.33 Å². The van der Waals surface area contributed by atoms with Crippen LogP contribution in [0, 0.1) is 12.3 Å². The van der Waals surface area contributed by atoms with Crippen molar-refractivity contribution >= 4 is 11.7 Å². The molecule has 0 saturated carbocycles. The fourth-order valence-electron chi connectivity index (χ4n) is 5.41. The van der Waals surface area contributed by atoms with E-state index in [2.05, 4.69) is 25.4 Å². The molecule has 0 bridgehead atoms. The molecule has 10 heteroatoms. The lowest BCUT2D eigenvalue weighted by molar-refractivity contribution is -0.147. The predicted octanol–water partition coefficient (Wildman–Crippen LogP) is 1.35. The number of carbonyl (C=O) groups is 2. The fraction of sp³-hybridized carbons (Fsp3) is 0.565. The van der Waals surface area contributed by atoms with Gasteiger partial charge in [0.2, 0.25) is 5.91 Å². The number of hydrogen-bond acceptors (Lipinski definition) is 8. The van der Waals surface area contributed by atoms with E-state index >= 15 is 0 Å². The average molecular weight is 452 g/mol. The number of carbonyl (C=O) groups excluding carboxylic acids is 2. The quantitative estimate of drug-likeness (QED) is 0.724. The highest BCUT2D eigenvalue weighted by atomic mass is 16.3. The topological polar surface area (TPSA) is 117 Å². The Morgan fingerprint density at radius 3 is 2.61 bits per heavy atom. The molecule has 0 radical (unpaired) electrons. The summed E-state index contributed by atoms with van der Waals surface area (Å²) in [6.45, 7) is 4.62. The Labute approximate surface area is 192 Å². The molecule has 1 N–H and O–H groups in total. The van der Waals surface area contributed by atoms with Crippen molar-refractivity contribution in [2.75, 3.05) is 26.2 Å². The van der Waals surface area contributed by atoms with Gasteiger partial charge in [-0.2, -0.15) is 4.68 Å². The van der Waals surface area contributed by atoms with Gasteiger partial charge in [-0.15, -0.1) is 5.10 Å². The van der Waals surface area contributed by atoms with Crippen LogP contribution in [-0.4, -0.2) is 78.0 Å². The SMILES string of the molecule is Cc1nc(-n2cnnn2)ccc1C(O)CN1CCC2(CCCN(C3=CC(=O)CC3)C2=O)CC1. The molecule has 1 spiro atoms. The van der Waals surface area contributed by atoms with Gasteiger partial charge in [-0.3, -0.25) is 9.59 Å². The van der Waals surface area contributed by atoms with Gasteiger partial charge in [0.05, 0.1) is 11.5 Å². The van der Waals surface area contributed by atoms with Crippen molar-refractivity contribution in [1.82, 2.24) is 35.0 Å². The highest BCUT2D eigenvalue weighted by molar-refractivity contribution is 5.95. The monoisotopic (exact) mass is 451 g/mol. The Morgan fingerprint density at radius 2 is 1.94 bits per heavy atom. The first-order valence-electron chi connectivity index (χ1n) is 11.6. The maximum absolute atomic E-state index is 13.4. The summed E-state index contributed by atoms with van der Waals surface area (Å²) in [7, 11) is 0. The molecule has 33 heavy (non-hydrogen) atoms. The van der Waals surface area contributed by atoms with E-state index in [1.54, 1.807) is 12.1 Å². The number of β-amino-alcohol motifs (C(OH)–C–C–N with tert-alkyl or cyclic N) is 1. The third kappa shape index (κ3) is 4.20. The van der Waals surface area contributed by atoms with Gasteiger partial charge < -0.3 is 14.9 Å². The van der Waals surface area contributed by atoms with Crippen LogP contribution in [0.3, 0.4) is 0 Å². The molecule has 10 nitrogen and oxygen atoms in total. The third-order valence-electron chi connectivity index (χ3n) is 7.34. The maximum atomic E-state index is 13.4. The van der Waals surface area contributed by atoms with Crippen molar-refractivity contribution in [3.05, 3.63) is 41.5 Å². The summed E-state index contributed by atoms with van der Waals surface area (Å²) >= 11 is 0. The van der Waals surface area contributed by atoms with Crippen molar-refractivity contribution in [2.45, 2.75) is 51.6 Å². The molecular formula is C23H29N7O3. The molecular weight excluding hydrogens is 422 g/mol. The van der Waals surface area contributed by atoms with Crippen LogP contribution in [0.4, 0.5) is 0 Å². The Balaban J connectivity index is 1.21. The van der Waals surface area contributed by atoms with E-state index in [1.165, 1.54) is 11.0 Å². The van der Waals surface area contributed by atoms with Crippen molar-refractivity contribution in [1.29, 1.82) is 0 Å². The van der Waals surface area contributed by atoms with Crippen molar-refractivity contribution in [3.63, 3.8) is 0 Å². The molecule has 2 aliphatic heterocycles. The van der Waals surface area contributed by atoms with Crippen LogP contribution < -0.4 is 0 Å². The number of hydrogen-bond donors (Lipinski definition) is 1. The van der Waals surface area contributed by atoms with Gasteiger partial charge in [-0.05, 0) is 68.6 Å². The summed E-state index contributed by atoms with van der Waals surface area (Å²) in [6, 6.07) is 3.67. The van der Waals surface area contributed by atoms with Crippen LogP contribution in [-0.2, 0) is 9.59 Å². The number of rotatable bonds is 5. The number of likely N-dealkylation sites (tertiary alicyclic amines) is 2. The van der Waals surface area contributed by atoms with E-state index in [4.69, 9.17) is 0 Å². The molecule has 2 aromatic rings. The maximum Gasteiger partial charge on any atom is 0.233 e. The Kier molecular flexibility index (Phi) is 5.79. The van der Waals surface area contributed by atoms with E-state index in [-0.39, 0.29) is 17.1 Å². The van der Waals surface area contributed by atoms with Crippen LogP contribution in [0.25, 0.3) is 5.82 Å². The van der Waals surface area contributed by atoms with E-state index in [9.17, 15) is 14.7 Å². The van der Waals surface area contributed by atoms with Crippen LogP contribution in [0.5, 0.6) is 0 Å². The fourth-order valence-corrected chi connectivity index (χ4v) is 5.41. The number of aliphatic hydroxyl groups is 1. The van der Waals surface area contributed by atoms with Gasteiger partial charge in [-0.1, -0.05) is 6.07 Å². The summed E-state index contributed by atoms with van der Waals surface area (Å²) in [4.78, 5) is 33.7. The number of allylic oxidation sites excluding steroid dienone is 2. The zero-order valence-corrected chi connectivity index (χ0v) is 18.9. The van der Waals surface area contributed by atoms with E-state index in [1.807, 2.05) is 17.9 Å². The summed E-state index contributed by atoms with van der Waals surface area (Å²) < 4.78 is 1.48. The molecule has 2 saturated heterocycles. The minimum atomic E-state index is -0.664. The number of amides is 1. The molecule has 3 aliphatic rings. The molecule has 0 aromatic carbocycles. The molecule has 1 amide bonds. The van der Waals surface area contributed by atoms with Crippen molar-refractivity contribution in [3.8, 4) is 5.82 Å². The Morgan fingerprint density at radius 1 is 1.12 bits per heavy atom. The summed E-state index contributed by atoms with van der Waals surface area (Å²) in [5, 5.41) is 22.0. The number of pyridine rings is 1. The van der Waals surface area contributed by atoms with Gasteiger partial charge >= 0.3 is 0 Å². The second-order valence-electron chi connectivity index (χ2n) is 9.36. The molecule has 2 aromatic heterocycles. The molecule has 2 fully saturated rings. The lowest BCUT2D eigenvalue weighted by Gasteiger charge is -2.47. The molecule has 5 rings (SSSR count). The highest BCUT2D eigenvalue weighted by Crippen LogP contribution is 2.43. The second kappa shape index (κ2) is 8.75. The summed E-state index contributed by atoms with van der Waals surface area (Å²) in [5.74, 6) is 0.915. The lowest BCUT2D eigenvalue weighted by atomic mass is 9.71. The third-order valence-corrected chi connectivity index (χ3v) is 7.34. The highest BCUT2D eigenvalue weighted by Gasteiger charge is 2.46. The molecule has 1 atom stereocenters. The number of tetrazole rings is 1. The van der Waals surface area contributed by atoms with E-state index in [0.717, 1.165) is 62.3 Å². The molecule has 4 heterocycles. The average Bonchev–Trinajstić information content (AvgIpc) is 3.49. The van der Waals surface area contributed by atoms with E-state index < -0.39 is 6.10 Å². The smallest absolute Gasteiger partial charge is 0.233 e. The summed E-state index contributed by atoms with van der Waals surface area (Å²) in [5.41, 5.74) is 2.08. The number of aryl methyl sites for hydroxylation is 1. The first-order chi connectivity index (χ1) is 15.9. The van der Waals surface area contributed by atoms with Crippen LogP contribution in [0.15, 0.2) is 30.2 Å². The standard InChI is InChI=1S/C23H29N7O3/c1-16-19(5-6-21(25-16)30-15-24-26-27-30)20(32)14-28-11-8-23(9-12-28)7-2-10-29(22(23)33)17-3-4-18(31)13-17/h5-6,13,15,20,32H,2-4,7-12,14H2,1H3. The van der Waals surface area contributed by atoms with E-state index in [0.29, 0.717) is 25.2 Å². The van der Waals surface area contributed by atoms with Gasteiger partial charge in [0, 0.05) is 42.5 Å². The normalized spacial score (nSPS) is 22.1. The number of nitrogens with zero attached hydrogens (tertiary/aromatic N) is 7. The molecule has 174 valence electrons. The first kappa shape index (κ1) is 21.8. The minimum absolute atomic E-state index is 0.122. The van der Waals surface area contributed by atoms with Gasteiger partial charge in [0.15, 0.2) is 11.6 Å². The second-order valence-corrected chi connectivity index (χ2v) is 9.36. The Bertz CT molecular complexity index is 1070. The number of piperidine rings is 2. The zero-order valence-electron chi connectivity index (χ0n) is 18.9. The van der Waals surface area contributed by atoms with Gasteiger partial charge in [0.25, 0.3) is 0 Å². The lowest BCUT2D eigenvalue weighted by Crippen LogP contribution is -2.53. The minimum Gasteiger partial charge on any atom is -0.387 e. The zero-order chi connectivity index (χ0) is 23.0. The summed E-state index contributed by atoms with van der Waals surface area (Å²) in [6.07, 6.45) is 7.11. The number of aromatic nitrogens is 5. The number of ketones is 1. The van der Waals surface area contributed by atoms with Crippen LogP contribution in [0.2, 0.25) is 0 Å². The van der Waals surface area contributed by atoms with Gasteiger partial charge in [-0.25, -0.2) is 4.98 Å². The van der Waals surface area contributed by atoms with Crippen LogP contribution >= 0.6 is 0 Å². The largest absolute Gasteiger partial charge is 0.387 e. The van der Waals surface area contributed by atoms with Crippen molar-refractivity contribution < 1.29 is 14.7 Å². The van der Waals surface area contributed by atoms with Crippen molar-refractivity contribution in [2.24, 2.45) is 5.41 Å². The number of aliphatic hydroxyl groups excluding tert-OH is 1. The van der Waals surface area contributed by atoms with Crippen LogP contribution in [0.1, 0.15) is 55.9 Å². The molecule has 1 unspecified atom stereocenters. The predicted molar refractivity (Wildman–Crippen MR) is 118 cm³/mol. The molecule has 1 aliphatic carbocycles.